The zero-order valence-electron chi connectivity index (χ0n) is 11.4. The Morgan fingerprint density at radius 1 is 1.42 bits per heavy atom. The summed E-state index contributed by atoms with van der Waals surface area (Å²) in [4.78, 5) is 0. The molecule has 2 aliphatic rings. The molecular weight excluding hydrogens is 260 g/mol. The Hall–Kier alpha value is -0.730. The summed E-state index contributed by atoms with van der Waals surface area (Å²) in [6, 6.07) is 8.33. The smallest absolute Gasteiger partial charge is 0.119 e. The molecule has 104 valence electrons. The van der Waals surface area contributed by atoms with Gasteiger partial charge in [0, 0.05) is 17.9 Å². The number of ether oxygens (including phenoxy) is 2. The van der Waals surface area contributed by atoms with Crippen molar-refractivity contribution < 1.29 is 9.47 Å². The van der Waals surface area contributed by atoms with E-state index < -0.39 is 0 Å². The molecule has 0 spiro atoms. The van der Waals surface area contributed by atoms with E-state index in [0.29, 0.717) is 12.0 Å². The summed E-state index contributed by atoms with van der Waals surface area (Å²) in [5.41, 5.74) is 1.42. The first kappa shape index (κ1) is 13.3. The molecule has 1 heterocycles. The van der Waals surface area contributed by atoms with E-state index in [9.17, 15) is 0 Å². The van der Waals surface area contributed by atoms with Gasteiger partial charge >= 0.3 is 0 Å². The van der Waals surface area contributed by atoms with Gasteiger partial charge in [0.05, 0.1) is 13.2 Å². The largest absolute Gasteiger partial charge is 0.497 e. The number of halogens is 1. The zero-order chi connectivity index (χ0) is 13.3. The molecule has 2 nitrogen and oxygen atoms in total. The number of hydrogen-bond donors (Lipinski definition) is 0. The molecule has 1 saturated carbocycles. The Morgan fingerprint density at radius 3 is 2.95 bits per heavy atom. The van der Waals surface area contributed by atoms with Crippen LogP contribution in [0.15, 0.2) is 24.3 Å². The first-order valence-corrected chi connectivity index (χ1v) is 7.61. The van der Waals surface area contributed by atoms with Gasteiger partial charge in [-0.15, -0.1) is 11.6 Å². The van der Waals surface area contributed by atoms with E-state index in [1.807, 2.05) is 6.07 Å². The molecule has 2 unspecified atom stereocenters. The molecule has 2 atom stereocenters. The Morgan fingerprint density at radius 2 is 2.26 bits per heavy atom. The minimum Gasteiger partial charge on any atom is -0.497 e. The monoisotopic (exact) mass is 280 g/mol. The van der Waals surface area contributed by atoms with E-state index in [1.54, 1.807) is 7.11 Å². The summed E-state index contributed by atoms with van der Waals surface area (Å²) in [5, 5.41) is 0. The normalized spacial score (nSPS) is 30.5. The highest BCUT2D eigenvalue weighted by Gasteiger charge is 2.50. The van der Waals surface area contributed by atoms with Gasteiger partial charge in [-0.25, -0.2) is 0 Å². The van der Waals surface area contributed by atoms with Crippen LogP contribution >= 0.6 is 11.6 Å². The first-order chi connectivity index (χ1) is 9.27. The third kappa shape index (κ3) is 2.61. The molecule has 0 amide bonds. The number of methoxy groups -OCH3 is 1. The lowest BCUT2D eigenvalue weighted by molar-refractivity contribution is 0.0403. The molecule has 3 heteroatoms. The second-order valence-electron chi connectivity index (χ2n) is 5.90. The van der Waals surface area contributed by atoms with Crippen LogP contribution in [-0.2, 0) is 11.2 Å². The van der Waals surface area contributed by atoms with Crippen molar-refractivity contribution in [3.8, 4) is 5.75 Å². The summed E-state index contributed by atoms with van der Waals surface area (Å²) in [6.45, 7) is 0.859. The average Bonchev–Trinajstić information content (AvgIpc) is 3.21. The van der Waals surface area contributed by atoms with Gasteiger partial charge in [0.1, 0.15) is 5.75 Å². The molecular formula is C16H21ClO2. The van der Waals surface area contributed by atoms with Gasteiger partial charge in [0.2, 0.25) is 0 Å². The Bertz CT molecular complexity index is 444. The topological polar surface area (TPSA) is 18.5 Å². The molecule has 1 aromatic carbocycles. The fourth-order valence-electron chi connectivity index (χ4n) is 3.31. The molecule has 2 fully saturated rings. The Labute approximate surface area is 120 Å². The predicted octanol–water partition coefficient (Wildman–Crippen LogP) is 3.66. The first-order valence-electron chi connectivity index (χ1n) is 7.08. The standard InChI is InChI=1S/C16H21ClO2/c1-18-14-4-2-3-12(9-14)10-16(11-17)7-8-19-15(16)13-5-6-13/h2-4,9,13,15H,5-8,10-11H2,1H3. The fourth-order valence-corrected chi connectivity index (χ4v) is 3.69. The third-order valence-electron chi connectivity index (χ3n) is 4.51. The Balaban J connectivity index is 1.81. The lowest BCUT2D eigenvalue weighted by Gasteiger charge is -2.32. The molecule has 0 N–H and O–H groups in total. The van der Waals surface area contributed by atoms with Crippen LogP contribution in [0.25, 0.3) is 0 Å². The summed E-state index contributed by atoms with van der Waals surface area (Å²) in [6.07, 6.45) is 5.04. The SMILES string of the molecule is COc1cccc(CC2(CCl)CCOC2C2CC2)c1. The molecule has 1 aromatic rings. The van der Waals surface area contributed by atoms with E-state index in [2.05, 4.69) is 18.2 Å². The van der Waals surface area contributed by atoms with Crippen molar-refractivity contribution in [2.75, 3.05) is 19.6 Å². The fraction of sp³-hybridized carbons (Fsp3) is 0.625. The van der Waals surface area contributed by atoms with E-state index in [4.69, 9.17) is 21.1 Å². The van der Waals surface area contributed by atoms with Crippen molar-refractivity contribution in [2.24, 2.45) is 11.3 Å². The van der Waals surface area contributed by atoms with Crippen LogP contribution < -0.4 is 4.74 Å². The van der Waals surface area contributed by atoms with Crippen molar-refractivity contribution in [1.82, 2.24) is 0 Å². The van der Waals surface area contributed by atoms with Gasteiger partial charge < -0.3 is 9.47 Å². The summed E-state index contributed by atoms with van der Waals surface area (Å²) in [7, 11) is 1.71. The average molecular weight is 281 g/mol. The minimum atomic E-state index is 0.120. The van der Waals surface area contributed by atoms with Crippen molar-refractivity contribution in [3.63, 3.8) is 0 Å². The second kappa shape index (κ2) is 5.34. The van der Waals surface area contributed by atoms with Crippen LogP contribution in [-0.4, -0.2) is 25.7 Å². The van der Waals surface area contributed by atoms with Crippen LogP contribution in [0.5, 0.6) is 5.75 Å². The van der Waals surface area contributed by atoms with Gasteiger partial charge in [0.25, 0.3) is 0 Å². The van der Waals surface area contributed by atoms with Crippen LogP contribution in [0.1, 0.15) is 24.8 Å². The van der Waals surface area contributed by atoms with Crippen molar-refractivity contribution in [2.45, 2.75) is 31.8 Å². The predicted molar refractivity (Wildman–Crippen MR) is 76.9 cm³/mol. The van der Waals surface area contributed by atoms with E-state index >= 15 is 0 Å². The number of rotatable bonds is 5. The maximum atomic E-state index is 6.34. The van der Waals surface area contributed by atoms with Crippen LogP contribution in [0, 0.1) is 11.3 Å². The zero-order valence-corrected chi connectivity index (χ0v) is 12.2. The molecule has 0 bridgehead atoms. The molecule has 1 aliphatic carbocycles. The third-order valence-corrected chi connectivity index (χ3v) is 5.04. The highest BCUT2D eigenvalue weighted by molar-refractivity contribution is 6.18. The van der Waals surface area contributed by atoms with Gasteiger partial charge in [-0.2, -0.15) is 0 Å². The summed E-state index contributed by atoms with van der Waals surface area (Å²) in [5.74, 6) is 2.35. The maximum absolute atomic E-state index is 6.34. The highest BCUT2D eigenvalue weighted by atomic mass is 35.5. The number of hydrogen-bond acceptors (Lipinski definition) is 2. The quantitative estimate of drug-likeness (QED) is 0.767. The van der Waals surface area contributed by atoms with Crippen molar-refractivity contribution >= 4 is 11.6 Å². The highest BCUT2D eigenvalue weighted by Crippen LogP contribution is 2.50. The molecule has 0 aromatic heterocycles. The van der Waals surface area contributed by atoms with Gasteiger partial charge in [-0.3, -0.25) is 0 Å². The van der Waals surface area contributed by atoms with Crippen LogP contribution in [0.2, 0.25) is 0 Å². The van der Waals surface area contributed by atoms with Crippen LogP contribution in [0.3, 0.4) is 0 Å². The van der Waals surface area contributed by atoms with E-state index in [1.165, 1.54) is 18.4 Å². The Kier molecular flexibility index (Phi) is 3.72. The van der Waals surface area contributed by atoms with Crippen molar-refractivity contribution in [1.29, 1.82) is 0 Å². The summed E-state index contributed by atoms with van der Waals surface area (Å²) < 4.78 is 11.3. The van der Waals surface area contributed by atoms with Crippen molar-refractivity contribution in [3.05, 3.63) is 29.8 Å². The van der Waals surface area contributed by atoms with Gasteiger partial charge in [-0.05, 0) is 49.3 Å². The lowest BCUT2D eigenvalue weighted by atomic mass is 9.75. The summed E-state index contributed by atoms with van der Waals surface area (Å²) >= 11 is 6.34. The van der Waals surface area contributed by atoms with Crippen LogP contribution in [0.4, 0.5) is 0 Å². The number of benzene rings is 1. The van der Waals surface area contributed by atoms with E-state index in [-0.39, 0.29) is 5.41 Å². The minimum absolute atomic E-state index is 0.120. The molecule has 19 heavy (non-hydrogen) atoms. The molecule has 3 rings (SSSR count). The molecule has 0 radical (unpaired) electrons. The van der Waals surface area contributed by atoms with Gasteiger partial charge in [-0.1, -0.05) is 12.1 Å². The van der Waals surface area contributed by atoms with E-state index in [0.717, 1.165) is 31.1 Å². The maximum Gasteiger partial charge on any atom is 0.119 e. The second-order valence-corrected chi connectivity index (χ2v) is 6.17. The molecule has 1 aliphatic heterocycles. The van der Waals surface area contributed by atoms with Gasteiger partial charge in [0.15, 0.2) is 0 Å². The lowest BCUT2D eigenvalue weighted by Crippen LogP contribution is -2.36. The molecule has 1 saturated heterocycles. The number of alkyl halides is 1.